The third-order valence-corrected chi connectivity index (χ3v) is 5.64. The van der Waals surface area contributed by atoms with Crippen molar-refractivity contribution in [2.75, 3.05) is 0 Å². The average molecular weight is 219 g/mol. The van der Waals surface area contributed by atoms with Gasteiger partial charge < -0.3 is 0 Å². The Labute approximate surface area is 100 Å². The van der Waals surface area contributed by atoms with E-state index in [2.05, 4.69) is 26.8 Å². The van der Waals surface area contributed by atoms with Crippen molar-refractivity contribution in [3.8, 4) is 6.07 Å². The molecule has 0 aromatic carbocycles. The molecular weight excluding hydrogens is 194 g/mol. The van der Waals surface area contributed by atoms with Crippen LogP contribution < -0.4 is 0 Å². The molecule has 2 aliphatic rings. The maximum Gasteiger partial charge on any atom is 0.0624 e. The fourth-order valence-electron chi connectivity index (χ4n) is 4.83. The van der Waals surface area contributed by atoms with Crippen LogP contribution in [0.1, 0.15) is 59.3 Å². The van der Waals surface area contributed by atoms with E-state index in [0.29, 0.717) is 11.3 Å². The third-order valence-electron chi connectivity index (χ3n) is 5.64. The Hall–Kier alpha value is -0.510. The summed E-state index contributed by atoms with van der Waals surface area (Å²) in [7, 11) is 0. The van der Waals surface area contributed by atoms with Crippen LogP contribution in [0, 0.1) is 40.4 Å². The Kier molecular flexibility index (Phi) is 3.29. The van der Waals surface area contributed by atoms with Crippen molar-refractivity contribution in [3.63, 3.8) is 0 Å². The average Bonchev–Trinajstić information content (AvgIpc) is 2.57. The summed E-state index contributed by atoms with van der Waals surface area (Å²) >= 11 is 0. The second-order valence-corrected chi connectivity index (χ2v) is 6.51. The topological polar surface area (TPSA) is 23.8 Å². The predicted octanol–water partition coefficient (Wildman–Crippen LogP) is 4.39. The number of hydrogen-bond acceptors (Lipinski definition) is 1. The van der Waals surface area contributed by atoms with Crippen LogP contribution in [0.25, 0.3) is 0 Å². The zero-order valence-electron chi connectivity index (χ0n) is 11.0. The molecule has 16 heavy (non-hydrogen) atoms. The van der Waals surface area contributed by atoms with Gasteiger partial charge in [-0.15, -0.1) is 0 Å². The van der Waals surface area contributed by atoms with Crippen molar-refractivity contribution in [2.45, 2.75) is 59.3 Å². The van der Waals surface area contributed by atoms with Crippen LogP contribution in [0.3, 0.4) is 0 Å². The molecule has 2 saturated carbocycles. The zero-order valence-corrected chi connectivity index (χ0v) is 11.0. The quantitative estimate of drug-likeness (QED) is 0.675. The molecule has 0 radical (unpaired) electrons. The van der Waals surface area contributed by atoms with Gasteiger partial charge in [0.05, 0.1) is 6.07 Å². The summed E-state index contributed by atoms with van der Waals surface area (Å²) < 4.78 is 0. The molecule has 1 nitrogen and oxygen atoms in total. The van der Waals surface area contributed by atoms with Gasteiger partial charge in [-0.3, -0.25) is 0 Å². The summed E-state index contributed by atoms with van der Waals surface area (Å²) in [5, 5.41) is 8.88. The monoisotopic (exact) mass is 219 g/mol. The van der Waals surface area contributed by atoms with E-state index in [0.717, 1.165) is 24.2 Å². The van der Waals surface area contributed by atoms with E-state index in [-0.39, 0.29) is 0 Å². The minimum Gasteiger partial charge on any atom is -0.198 e. The SMILES string of the molecule is CC1CCC[C@]2(C)C([C@H](C)CC#N)CC[C@@H]12. The fraction of sp³-hybridized carbons (Fsp3) is 0.933. The predicted molar refractivity (Wildman–Crippen MR) is 66.7 cm³/mol. The van der Waals surface area contributed by atoms with Crippen molar-refractivity contribution in [1.29, 1.82) is 5.26 Å². The van der Waals surface area contributed by atoms with Gasteiger partial charge in [-0.05, 0) is 48.3 Å². The number of hydrogen-bond donors (Lipinski definition) is 0. The van der Waals surface area contributed by atoms with E-state index >= 15 is 0 Å². The van der Waals surface area contributed by atoms with Crippen LogP contribution in [-0.2, 0) is 0 Å². The maximum atomic E-state index is 8.88. The lowest BCUT2D eigenvalue weighted by molar-refractivity contribution is 0.0378. The van der Waals surface area contributed by atoms with Crippen LogP contribution in [0.4, 0.5) is 0 Å². The lowest BCUT2D eigenvalue weighted by atomic mass is 9.59. The molecule has 0 heterocycles. The first-order valence-corrected chi connectivity index (χ1v) is 6.96. The van der Waals surface area contributed by atoms with Crippen LogP contribution >= 0.6 is 0 Å². The van der Waals surface area contributed by atoms with Crippen LogP contribution in [0.5, 0.6) is 0 Å². The van der Waals surface area contributed by atoms with E-state index in [4.69, 9.17) is 5.26 Å². The Morgan fingerprint density at radius 2 is 2.12 bits per heavy atom. The standard InChI is InChI=1S/C15H25N/c1-11-5-4-9-15(3)13(11)6-7-14(15)12(2)8-10-16/h11-14H,4-9H2,1-3H3/t11?,12-,13+,14?,15+/m1/s1. The van der Waals surface area contributed by atoms with E-state index in [9.17, 15) is 0 Å². The first kappa shape index (κ1) is 12.0. The Balaban J connectivity index is 2.15. The van der Waals surface area contributed by atoms with Crippen molar-refractivity contribution in [2.24, 2.45) is 29.1 Å². The highest BCUT2D eigenvalue weighted by molar-refractivity contribution is 5.01. The summed E-state index contributed by atoms with van der Waals surface area (Å²) in [4.78, 5) is 0. The highest BCUT2D eigenvalue weighted by Crippen LogP contribution is 2.59. The molecule has 90 valence electrons. The minimum atomic E-state index is 0.550. The third kappa shape index (κ3) is 1.77. The molecule has 1 heteroatoms. The summed E-state index contributed by atoms with van der Waals surface area (Å²) in [6, 6.07) is 2.37. The highest BCUT2D eigenvalue weighted by atomic mass is 14.6. The normalized spacial score (nSPS) is 44.8. The molecule has 0 saturated heterocycles. The summed E-state index contributed by atoms with van der Waals surface area (Å²) in [6.45, 7) is 7.25. The lowest BCUT2D eigenvalue weighted by Crippen LogP contribution is -2.38. The van der Waals surface area contributed by atoms with Gasteiger partial charge in [0.15, 0.2) is 0 Å². The van der Waals surface area contributed by atoms with Gasteiger partial charge in [-0.25, -0.2) is 0 Å². The number of rotatable bonds is 2. The Morgan fingerprint density at radius 1 is 1.38 bits per heavy atom. The zero-order chi connectivity index (χ0) is 11.8. The smallest absolute Gasteiger partial charge is 0.0624 e. The molecule has 0 amide bonds. The molecule has 0 aromatic rings. The summed E-state index contributed by atoms with van der Waals surface area (Å²) in [5.74, 6) is 3.26. The molecule has 2 fully saturated rings. The number of fused-ring (bicyclic) bond motifs is 1. The molecule has 5 atom stereocenters. The van der Waals surface area contributed by atoms with E-state index < -0.39 is 0 Å². The van der Waals surface area contributed by atoms with Gasteiger partial charge in [-0.1, -0.05) is 33.6 Å². The Morgan fingerprint density at radius 3 is 2.81 bits per heavy atom. The van der Waals surface area contributed by atoms with Crippen molar-refractivity contribution >= 4 is 0 Å². The van der Waals surface area contributed by atoms with Crippen LogP contribution in [-0.4, -0.2) is 0 Å². The van der Waals surface area contributed by atoms with Gasteiger partial charge in [-0.2, -0.15) is 5.26 Å². The van der Waals surface area contributed by atoms with E-state index in [1.54, 1.807) is 0 Å². The number of nitrogens with zero attached hydrogens (tertiary/aromatic N) is 1. The highest BCUT2D eigenvalue weighted by Gasteiger charge is 2.51. The van der Waals surface area contributed by atoms with Gasteiger partial charge in [0.25, 0.3) is 0 Å². The van der Waals surface area contributed by atoms with E-state index in [1.165, 1.54) is 32.1 Å². The second-order valence-electron chi connectivity index (χ2n) is 6.51. The maximum absolute atomic E-state index is 8.88. The van der Waals surface area contributed by atoms with Gasteiger partial charge in [0.2, 0.25) is 0 Å². The van der Waals surface area contributed by atoms with Gasteiger partial charge in [0.1, 0.15) is 0 Å². The molecule has 2 unspecified atom stereocenters. The molecule has 0 N–H and O–H groups in total. The van der Waals surface area contributed by atoms with Gasteiger partial charge in [0, 0.05) is 6.42 Å². The van der Waals surface area contributed by atoms with Crippen molar-refractivity contribution in [1.82, 2.24) is 0 Å². The van der Waals surface area contributed by atoms with E-state index in [1.807, 2.05) is 0 Å². The van der Waals surface area contributed by atoms with Gasteiger partial charge >= 0.3 is 0 Å². The molecule has 2 rings (SSSR count). The molecule has 0 spiro atoms. The molecule has 0 aliphatic heterocycles. The summed E-state index contributed by atoms with van der Waals surface area (Å²) in [6.07, 6.45) is 7.78. The molecule has 0 bridgehead atoms. The molecule has 0 aromatic heterocycles. The molecule has 2 aliphatic carbocycles. The largest absolute Gasteiger partial charge is 0.198 e. The second kappa shape index (κ2) is 4.40. The van der Waals surface area contributed by atoms with Crippen LogP contribution in [0.15, 0.2) is 0 Å². The first-order valence-electron chi connectivity index (χ1n) is 6.96. The minimum absolute atomic E-state index is 0.550. The number of nitriles is 1. The fourth-order valence-corrected chi connectivity index (χ4v) is 4.83. The molecular formula is C15H25N. The van der Waals surface area contributed by atoms with Crippen molar-refractivity contribution in [3.05, 3.63) is 0 Å². The Bertz CT molecular complexity index is 290. The van der Waals surface area contributed by atoms with Crippen LogP contribution in [0.2, 0.25) is 0 Å². The lowest BCUT2D eigenvalue weighted by Gasteiger charge is -2.45. The van der Waals surface area contributed by atoms with Crippen molar-refractivity contribution < 1.29 is 0 Å². The first-order chi connectivity index (χ1) is 7.59. The summed E-state index contributed by atoms with van der Waals surface area (Å²) in [5.41, 5.74) is 0.550.